The third-order valence-electron chi connectivity index (χ3n) is 4.35. The molecule has 0 aliphatic heterocycles. The SMILES string of the molecule is COCC(C)NS(=O)(=O)c1ccc(NC(=O)/C=C/c2cn(Cc3ccccc3)nn2)cc1. The van der Waals surface area contributed by atoms with E-state index in [9.17, 15) is 13.2 Å². The summed E-state index contributed by atoms with van der Waals surface area (Å²) in [4.78, 5) is 12.3. The van der Waals surface area contributed by atoms with E-state index in [0.717, 1.165) is 5.56 Å². The highest BCUT2D eigenvalue weighted by molar-refractivity contribution is 7.89. The minimum absolute atomic E-state index is 0.101. The van der Waals surface area contributed by atoms with Crippen molar-refractivity contribution in [3.8, 4) is 0 Å². The molecule has 0 saturated carbocycles. The number of hydrogen-bond acceptors (Lipinski definition) is 6. The molecule has 168 valence electrons. The van der Waals surface area contributed by atoms with Crippen LogP contribution in [0.1, 0.15) is 18.2 Å². The Morgan fingerprint density at radius 2 is 1.88 bits per heavy atom. The lowest BCUT2D eigenvalue weighted by Crippen LogP contribution is -2.35. The number of aromatic nitrogens is 3. The van der Waals surface area contributed by atoms with Crippen LogP contribution in [0.3, 0.4) is 0 Å². The van der Waals surface area contributed by atoms with E-state index in [2.05, 4.69) is 20.4 Å². The van der Waals surface area contributed by atoms with Gasteiger partial charge in [0, 0.05) is 24.9 Å². The van der Waals surface area contributed by atoms with Crippen molar-refractivity contribution in [3.63, 3.8) is 0 Å². The van der Waals surface area contributed by atoms with E-state index >= 15 is 0 Å². The number of amides is 1. The van der Waals surface area contributed by atoms with E-state index < -0.39 is 10.0 Å². The minimum Gasteiger partial charge on any atom is -0.383 e. The monoisotopic (exact) mass is 455 g/mol. The van der Waals surface area contributed by atoms with Crippen LogP contribution in [0.15, 0.2) is 71.8 Å². The first kappa shape index (κ1) is 23.3. The maximum Gasteiger partial charge on any atom is 0.248 e. The van der Waals surface area contributed by atoms with Crippen molar-refractivity contribution < 1.29 is 17.9 Å². The number of carbonyl (C=O) groups excluding carboxylic acids is 1. The van der Waals surface area contributed by atoms with Gasteiger partial charge in [-0.25, -0.2) is 17.8 Å². The second kappa shape index (κ2) is 10.8. The standard InChI is InChI=1S/C22H25N5O4S/c1-17(16-31-2)25-32(29,30)21-11-8-19(9-12-21)23-22(28)13-10-20-15-27(26-24-20)14-18-6-4-3-5-7-18/h3-13,15,17,25H,14,16H2,1-2H3,(H,23,28)/b13-10+. The first-order valence-electron chi connectivity index (χ1n) is 9.90. The van der Waals surface area contributed by atoms with Crippen LogP contribution in [0.25, 0.3) is 6.08 Å². The molecule has 32 heavy (non-hydrogen) atoms. The van der Waals surface area contributed by atoms with Crippen molar-refractivity contribution in [2.24, 2.45) is 0 Å². The van der Waals surface area contributed by atoms with E-state index in [1.54, 1.807) is 23.9 Å². The Kier molecular flexibility index (Phi) is 7.87. The van der Waals surface area contributed by atoms with Crippen molar-refractivity contribution in [1.29, 1.82) is 0 Å². The third kappa shape index (κ3) is 6.84. The fraction of sp³-hybridized carbons (Fsp3) is 0.227. The van der Waals surface area contributed by atoms with Gasteiger partial charge in [-0.05, 0) is 42.8 Å². The zero-order valence-electron chi connectivity index (χ0n) is 17.8. The number of hydrogen-bond donors (Lipinski definition) is 2. The lowest BCUT2D eigenvalue weighted by molar-refractivity contribution is -0.111. The minimum atomic E-state index is -3.67. The van der Waals surface area contributed by atoms with E-state index in [1.807, 2.05) is 30.3 Å². The summed E-state index contributed by atoms with van der Waals surface area (Å²) in [6.45, 7) is 2.56. The summed E-state index contributed by atoms with van der Waals surface area (Å²) in [5.74, 6) is -0.370. The van der Waals surface area contributed by atoms with Crippen LogP contribution in [0.5, 0.6) is 0 Å². The molecule has 1 atom stereocenters. The highest BCUT2D eigenvalue weighted by Crippen LogP contribution is 2.14. The smallest absolute Gasteiger partial charge is 0.248 e. The topological polar surface area (TPSA) is 115 Å². The normalized spacial score (nSPS) is 12.7. The number of nitrogens with zero attached hydrogens (tertiary/aromatic N) is 3. The number of anilines is 1. The van der Waals surface area contributed by atoms with Crippen LogP contribution < -0.4 is 10.0 Å². The van der Waals surface area contributed by atoms with Crippen molar-refractivity contribution in [1.82, 2.24) is 19.7 Å². The number of methoxy groups -OCH3 is 1. The van der Waals surface area contributed by atoms with Crippen LogP contribution in [-0.4, -0.2) is 49.1 Å². The fourth-order valence-corrected chi connectivity index (χ4v) is 4.15. The number of ether oxygens (including phenoxy) is 1. The molecule has 1 unspecified atom stereocenters. The Morgan fingerprint density at radius 1 is 1.16 bits per heavy atom. The molecule has 3 aromatic rings. The number of benzene rings is 2. The molecule has 0 saturated heterocycles. The Bertz CT molecular complexity index is 1160. The van der Waals surface area contributed by atoms with Gasteiger partial charge in [-0.1, -0.05) is 35.5 Å². The van der Waals surface area contributed by atoms with Crippen LogP contribution in [0.4, 0.5) is 5.69 Å². The quantitative estimate of drug-likeness (QED) is 0.453. The molecular weight excluding hydrogens is 430 g/mol. The molecular formula is C22H25N5O4S. The zero-order chi connectivity index (χ0) is 23.0. The summed E-state index contributed by atoms with van der Waals surface area (Å²) < 4.78 is 33.8. The molecule has 1 amide bonds. The number of sulfonamides is 1. The van der Waals surface area contributed by atoms with Gasteiger partial charge >= 0.3 is 0 Å². The van der Waals surface area contributed by atoms with Crippen LogP contribution in [-0.2, 0) is 26.1 Å². The van der Waals surface area contributed by atoms with Crippen LogP contribution >= 0.6 is 0 Å². The van der Waals surface area contributed by atoms with E-state index in [1.165, 1.54) is 37.5 Å². The molecule has 0 aliphatic carbocycles. The molecule has 0 radical (unpaired) electrons. The highest BCUT2D eigenvalue weighted by atomic mass is 32.2. The van der Waals surface area contributed by atoms with Crippen LogP contribution in [0, 0.1) is 0 Å². The Hall–Kier alpha value is -3.34. The van der Waals surface area contributed by atoms with E-state index in [-0.39, 0.29) is 23.5 Å². The van der Waals surface area contributed by atoms with Crippen molar-refractivity contribution >= 4 is 27.7 Å². The predicted octanol–water partition coefficient (Wildman–Crippen LogP) is 2.29. The second-order valence-electron chi connectivity index (χ2n) is 7.15. The maximum atomic E-state index is 12.3. The first-order valence-corrected chi connectivity index (χ1v) is 11.4. The molecule has 1 heterocycles. The molecule has 0 aliphatic rings. The summed E-state index contributed by atoms with van der Waals surface area (Å²) in [7, 11) is -2.16. The van der Waals surface area contributed by atoms with Gasteiger partial charge in [-0.2, -0.15) is 0 Å². The first-order chi connectivity index (χ1) is 15.4. The lowest BCUT2D eigenvalue weighted by atomic mass is 10.2. The average Bonchev–Trinajstić information content (AvgIpc) is 3.20. The van der Waals surface area contributed by atoms with Gasteiger partial charge in [-0.3, -0.25) is 4.79 Å². The van der Waals surface area contributed by atoms with Gasteiger partial charge in [0.15, 0.2) is 0 Å². The molecule has 2 aromatic carbocycles. The highest BCUT2D eigenvalue weighted by Gasteiger charge is 2.17. The number of rotatable bonds is 10. The number of nitrogens with one attached hydrogen (secondary N) is 2. The molecule has 0 spiro atoms. The molecule has 10 heteroatoms. The van der Waals surface area contributed by atoms with Gasteiger partial charge in [0.2, 0.25) is 15.9 Å². The van der Waals surface area contributed by atoms with Crippen LogP contribution in [0.2, 0.25) is 0 Å². The summed E-state index contributed by atoms with van der Waals surface area (Å²) in [5, 5.41) is 10.8. The summed E-state index contributed by atoms with van der Waals surface area (Å²) in [6, 6.07) is 15.4. The summed E-state index contributed by atoms with van der Waals surface area (Å²) >= 11 is 0. The Morgan fingerprint density at radius 3 is 2.56 bits per heavy atom. The van der Waals surface area contributed by atoms with Gasteiger partial charge < -0.3 is 10.1 Å². The Balaban J connectivity index is 1.55. The number of carbonyl (C=O) groups is 1. The van der Waals surface area contributed by atoms with Crippen molar-refractivity contribution in [2.45, 2.75) is 24.4 Å². The molecule has 3 rings (SSSR count). The van der Waals surface area contributed by atoms with Gasteiger partial charge in [0.05, 0.1) is 24.2 Å². The van der Waals surface area contributed by atoms with Gasteiger partial charge in [-0.15, -0.1) is 5.10 Å². The lowest BCUT2D eigenvalue weighted by Gasteiger charge is -2.13. The molecule has 2 N–H and O–H groups in total. The molecule has 1 aromatic heterocycles. The van der Waals surface area contributed by atoms with Crippen molar-refractivity contribution in [2.75, 3.05) is 19.0 Å². The summed E-state index contributed by atoms with van der Waals surface area (Å²) in [6.07, 6.45) is 4.65. The maximum absolute atomic E-state index is 12.3. The fourth-order valence-electron chi connectivity index (χ4n) is 2.92. The summed E-state index contributed by atoms with van der Waals surface area (Å²) in [5.41, 5.74) is 2.12. The zero-order valence-corrected chi connectivity index (χ0v) is 18.6. The molecule has 0 fully saturated rings. The van der Waals surface area contributed by atoms with Gasteiger partial charge in [0.25, 0.3) is 0 Å². The second-order valence-corrected chi connectivity index (χ2v) is 8.87. The Labute approximate surface area is 187 Å². The van der Waals surface area contributed by atoms with Crippen molar-refractivity contribution in [3.05, 3.63) is 78.1 Å². The average molecular weight is 456 g/mol. The predicted molar refractivity (Wildman–Crippen MR) is 121 cm³/mol. The van der Waals surface area contributed by atoms with E-state index in [0.29, 0.717) is 17.9 Å². The van der Waals surface area contributed by atoms with Gasteiger partial charge in [0.1, 0.15) is 5.69 Å². The largest absolute Gasteiger partial charge is 0.383 e. The molecule has 0 bridgehead atoms. The third-order valence-corrected chi connectivity index (χ3v) is 5.96. The van der Waals surface area contributed by atoms with E-state index in [4.69, 9.17) is 4.74 Å². The molecule has 9 nitrogen and oxygen atoms in total.